The maximum absolute atomic E-state index is 13.7. The monoisotopic (exact) mass is 434 g/mol. The zero-order valence-electron chi connectivity index (χ0n) is 17.2. The zero-order chi connectivity index (χ0) is 21.8. The molecule has 0 amide bonds. The lowest BCUT2D eigenvalue weighted by molar-refractivity contribution is 0.511. The van der Waals surface area contributed by atoms with E-state index in [-0.39, 0.29) is 0 Å². The lowest BCUT2D eigenvalue weighted by Crippen LogP contribution is -1.83. The summed E-state index contributed by atoms with van der Waals surface area (Å²) in [6.45, 7) is 2.06. The van der Waals surface area contributed by atoms with E-state index in [1.165, 1.54) is 17.7 Å². The van der Waals surface area contributed by atoms with Crippen LogP contribution in [0.2, 0.25) is 0 Å². The molecule has 0 N–H and O–H groups in total. The summed E-state index contributed by atoms with van der Waals surface area (Å²) in [5, 5.41) is 5.86. The Labute approximate surface area is 187 Å². The van der Waals surface area contributed by atoms with Crippen LogP contribution in [0.25, 0.3) is 41.7 Å². The van der Waals surface area contributed by atoms with Gasteiger partial charge >= 0.3 is 0 Å². The highest BCUT2D eigenvalue weighted by molar-refractivity contribution is 7.26. The van der Waals surface area contributed by atoms with Gasteiger partial charge in [-0.3, -0.25) is 0 Å². The standard InChI is InChI=1S/C29H16F2S/c1-17-2-4-18(5-3-17)6-7-19-8-9-20-11-24-25-12-22-13-26(30)27(31)14-23(22)16-29(25)32-28(24)15-21(20)10-19/h2-5,8-16H,1H3. The summed E-state index contributed by atoms with van der Waals surface area (Å²) in [5.41, 5.74) is 3.18. The van der Waals surface area contributed by atoms with Gasteiger partial charge in [-0.2, -0.15) is 0 Å². The van der Waals surface area contributed by atoms with E-state index in [0.29, 0.717) is 10.8 Å². The quantitative estimate of drug-likeness (QED) is 0.211. The average Bonchev–Trinajstić information content (AvgIpc) is 3.12. The molecule has 0 aliphatic carbocycles. The summed E-state index contributed by atoms with van der Waals surface area (Å²) >= 11 is 1.67. The molecule has 6 aromatic rings. The van der Waals surface area contributed by atoms with Crippen LogP contribution in [0.3, 0.4) is 0 Å². The Morgan fingerprint density at radius 3 is 1.78 bits per heavy atom. The lowest BCUT2D eigenvalue weighted by atomic mass is 10.0. The highest BCUT2D eigenvalue weighted by atomic mass is 32.1. The van der Waals surface area contributed by atoms with Crippen LogP contribution in [0.1, 0.15) is 16.7 Å². The van der Waals surface area contributed by atoms with Crippen LogP contribution < -0.4 is 0 Å². The topological polar surface area (TPSA) is 0 Å². The third kappa shape index (κ3) is 3.21. The molecule has 32 heavy (non-hydrogen) atoms. The zero-order valence-corrected chi connectivity index (χ0v) is 18.0. The van der Waals surface area contributed by atoms with Crippen LogP contribution in [-0.2, 0) is 0 Å². The van der Waals surface area contributed by atoms with Gasteiger partial charge in [0.15, 0.2) is 11.6 Å². The second-order valence-corrected chi connectivity index (χ2v) is 9.17. The third-order valence-corrected chi connectivity index (χ3v) is 6.94. The van der Waals surface area contributed by atoms with E-state index in [2.05, 4.69) is 55.2 Å². The van der Waals surface area contributed by atoms with Gasteiger partial charge in [-0.25, -0.2) is 8.78 Å². The van der Waals surface area contributed by atoms with Crippen molar-refractivity contribution in [2.45, 2.75) is 6.92 Å². The van der Waals surface area contributed by atoms with Crippen LogP contribution in [0.4, 0.5) is 8.78 Å². The van der Waals surface area contributed by atoms with E-state index < -0.39 is 11.6 Å². The van der Waals surface area contributed by atoms with Gasteiger partial charge in [-0.15, -0.1) is 11.3 Å². The number of hydrogen-bond donors (Lipinski definition) is 0. The number of benzene rings is 5. The molecule has 0 fully saturated rings. The molecular weight excluding hydrogens is 418 g/mol. The van der Waals surface area contributed by atoms with Crippen molar-refractivity contribution in [2.24, 2.45) is 0 Å². The van der Waals surface area contributed by atoms with Gasteiger partial charge in [0.2, 0.25) is 0 Å². The number of halogens is 2. The SMILES string of the molecule is Cc1ccc(C#Cc2ccc3cc4c(cc3c2)sc2cc3cc(F)c(F)cc3cc24)cc1. The third-order valence-electron chi connectivity index (χ3n) is 5.83. The Morgan fingerprint density at radius 1 is 0.562 bits per heavy atom. The first-order valence-corrected chi connectivity index (χ1v) is 11.1. The summed E-state index contributed by atoms with van der Waals surface area (Å²) in [6.07, 6.45) is 0. The largest absolute Gasteiger partial charge is 0.204 e. The molecule has 0 atom stereocenters. The highest BCUT2D eigenvalue weighted by Gasteiger charge is 2.11. The molecule has 0 saturated heterocycles. The number of aryl methyl sites for hydroxylation is 1. The van der Waals surface area contributed by atoms with E-state index in [0.717, 1.165) is 42.1 Å². The molecule has 0 aliphatic heterocycles. The summed E-state index contributed by atoms with van der Waals surface area (Å²) in [7, 11) is 0. The predicted octanol–water partition coefficient (Wildman–Crippen LogP) is 8.35. The molecule has 0 spiro atoms. The van der Waals surface area contributed by atoms with Crippen LogP contribution in [0, 0.1) is 30.4 Å². The molecule has 0 nitrogen and oxygen atoms in total. The molecular formula is C29H16F2S. The minimum absolute atomic E-state index is 0.706. The Balaban J connectivity index is 1.49. The molecule has 0 bridgehead atoms. The fraction of sp³-hybridized carbons (Fsp3) is 0.0345. The van der Waals surface area contributed by atoms with Crippen molar-refractivity contribution < 1.29 is 8.78 Å². The van der Waals surface area contributed by atoms with Crippen LogP contribution in [0.15, 0.2) is 78.9 Å². The molecule has 0 saturated carbocycles. The Hall–Kier alpha value is -3.74. The first-order valence-electron chi connectivity index (χ1n) is 10.3. The average molecular weight is 435 g/mol. The molecule has 5 aromatic carbocycles. The van der Waals surface area contributed by atoms with Gasteiger partial charge in [-0.05, 0) is 89.1 Å². The minimum atomic E-state index is -0.818. The molecule has 6 rings (SSSR count). The van der Waals surface area contributed by atoms with E-state index in [4.69, 9.17) is 0 Å². The number of fused-ring (bicyclic) bond motifs is 5. The molecule has 1 aromatic heterocycles. The van der Waals surface area contributed by atoms with Crippen molar-refractivity contribution in [3.63, 3.8) is 0 Å². The van der Waals surface area contributed by atoms with Crippen LogP contribution in [0.5, 0.6) is 0 Å². The normalized spacial score (nSPS) is 11.3. The second-order valence-electron chi connectivity index (χ2n) is 8.09. The van der Waals surface area contributed by atoms with Crippen molar-refractivity contribution >= 4 is 53.1 Å². The smallest absolute Gasteiger partial charge is 0.159 e. The summed E-state index contributed by atoms with van der Waals surface area (Å²) in [4.78, 5) is 0. The summed E-state index contributed by atoms with van der Waals surface area (Å²) < 4.78 is 29.6. The first-order chi connectivity index (χ1) is 15.5. The van der Waals surface area contributed by atoms with Crippen molar-refractivity contribution in [3.05, 3.63) is 107 Å². The fourth-order valence-electron chi connectivity index (χ4n) is 4.12. The van der Waals surface area contributed by atoms with Gasteiger partial charge < -0.3 is 0 Å². The van der Waals surface area contributed by atoms with E-state index >= 15 is 0 Å². The molecule has 152 valence electrons. The second kappa shape index (κ2) is 7.15. The van der Waals surface area contributed by atoms with Gasteiger partial charge in [0.25, 0.3) is 0 Å². The van der Waals surface area contributed by atoms with E-state index in [9.17, 15) is 8.78 Å². The van der Waals surface area contributed by atoms with Gasteiger partial charge in [0.1, 0.15) is 0 Å². The molecule has 3 heteroatoms. The van der Waals surface area contributed by atoms with Gasteiger partial charge in [0.05, 0.1) is 0 Å². The minimum Gasteiger partial charge on any atom is -0.204 e. The lowest BCUT2D eigenvalue weighted by Gasteiger charge is -2.02. The Morgan fingerprint density at radius 2 is 1.09 bits per heavy atom. The van der Waals surface area contributed by atoms with E-state index in [1.54, 1.807) is 11.3 Å². The highest BCUT2D eigenvalue weighted by Crippen LogP contribution is 2.39. The number of thiophene rings is 1. The fourth-order valence-corrected chi connectivity index (χ4v) is 5.28. The van der Waals surface area contributed by atoms with Crippen molar-refractivity contribution in [2.75, 3.05) is 0 Å². The maximum atomic E-state index is 13.7. The molecule has 1 heterocycles. The van der Waals surface area contributed by atoms with Gasteiger partial charge in [0, 0.05) is 31.3 Å². The molecule has 0 aliphatic rings. The predicted molar refractivity (Wildman–Crippen MR) is 131 cm³/mol. The number of hydrogen-bond acceptors (Lipinski definition) is 1. The van der Waals surface area contributed by atoms with Gasteiger partial charge in [-0.1, -0.05) is 35.6 Å². The van der Waals surface area contributed by atoms with Crippen molar-refractivity contribution in [1.82, 2.24) is 0 Å². The molecule has 0 radical (unpaired) electrons. The Bertz CT molecular complexity index is 1750. The number of rotatable bonds is 0. The van der Waals surface area contributed by atoms with Crippen LogP contribution in [-0.4, -0.2) is 0 Å². The summed E-state index contributed by atoms with van der Waals surface area (Å²) in [5.74, 6) is 4.86. The van der Waals surface area contributed by atoms with Crippen molar-refractivity contribution in [3.8, 4) is 11.8 Å². The van der Waals surface area contributed by atoms with Crippen LogP contribution >= 0.6 is 11.3 Å². The van der Waals surface area contributed by atoms with E-state index in [1.807, 2.05) is 30.3 Å². The maximum Gasteiger partial charge on any atom is 0.159 e. The Kier molecular flexibility index (Phi) is 4.24. The first kappa shape index (κ1) is 19.0. The summed E-state index contributed by atoms with van der Waals surface area (Å²) in [6, 6.07) is 25.2. The molecule has 0 unspecified atom stereocenters. The van der Waals surface area contributed by atoms with Crippen molar-refractivity contribution in [1.29, 1.82) is 0 Å².